The van der Waals surface area contributed by atoms with Gasteiger partial charge < -0.3 is 18.6 Å². The summed E-state index contributed by atoms with van der Waals surface area (Å²) in [6.07, 6.45) is 0. The molecule has 430 valence electrons. The second-order valence-electron chi connectivity index (χ2n) is 26.4. The van der Waals surface area contributed by atoms with Crippen LogP contribution in [0.5, 0.6) is 0 Å². The zero-order valence-corrected chi connectivity index (χ0v) is 51.5. The Labute approximate surface area is 525 Å². The van der Waals surface area contributed by atoms with Crippen molar-refractivity contribution in [3.63, 3.8) is 0 Å². The summed E-state index contributed by atoms with van der Waals surface area (Å²) >= 11 is 0. The van der Waals surface area contributed by atoms with Gasteiger partial charge in [0.15, 0.2) is 0 Å². The van der Waals surface area contributed by atoms with Crippen molar-refractivity contribution in [3.05, 3.63) is 302 Å². The first-order valence-corrected chi connectivity index (χ1v) is 31.6. The minimum atomic E-state index is -0.181. The second-order valence-corrected chi connectivity index (χ2v) is 26.4. The van der Waals surface area contributed by atoms with Crippen LogP contribution in [0.3, 0.4) is 0 Å². The van der Waals surface area contributed by atoms with Crippen molar-refractivity contribution in [3.8, 4) is 44.5 Å². The molecule has 4 heteroatoms. The molecule has 0 saturated carbocycles. The molecule has 13 aromatic carbocycles. The van der Waals surface area contributed by atoms with E-state index in [0.717, 1.165) is 56.4 Å². The molecule has 90 heavy (non-hydrogen) atoms. The summed E-state index contributed by atoms with van der Waals surface area (Å²) in [5.41, 5.74) is 25.7. The maximum atomic E-state index is 2.66. The summed E-state index contributed by atoms with van der Waals surface area (Å²) in [6, 6.07) is 108. The van der Waals surface area contributed by atoms with Gasteiger partial charge in [-0.05, 0) is 92.7 Å². The van der Waals surface area contributed by atoms with E-state index >= 15 is 0 Å². The number of benzene rings is 13. The number of nitrogens with zero attached hydrogens (tertiary/aromatic N) is 4. The molecule has 0 unspecified atom stereocenters. The highest BCUT2D eigenvalue weighted by atomic mass is 15.2. The summed E-state index contributed by atoms with van der Waals surface area (Å²) < 4.78 is 5.31. The van der Waals surface area contributed by atoms with Crippen LogP contribution < -0.4 is 9.80 Å². The van der Waals surface area contributed by atoms with E-state index in [1.807, 2.05) is 0 Å². The molecule has 4 nitrogen and oxygen atoms in total. The van der Waals surface area contributed by atoms with Crippen molar-refractivity contribution >= 4 is 110 Å². The number of anilines is 6. The van der Waals surface area contributed by atoms with E-state index in [0.29, 0.717) is 0 Å². The predicted molar refractivity (Wildman–Crippen MR) is 384 cm³/mol. The highest BCUT2D eigenvalue weighted by Crippen LogP contribution is 2.56. The van der Waals surface area contributed by atoms with Crippen molar-refractivity contribution in [1.82, 2.24) is 8.80 Å². The molecule has 0 spiro atoms. The van der Waals surface area contributed by atoms with Gasteiger partial charge in [-0.15, -0.1) is 0 Å². The molecule has 0 radical (unpaired) electrons. The minimum Gasteiger partial charge on any atom is -0.309 e. The zero-order chi connectivity index (χ0) is 60.6. The lowest BCUT2D eigenvalue weighted by Gasteiger charge is -2.30. The van der Waals surface area contributed by atoms with Crippen molar-refractivity contribution < 1.29 is 0 Å². The van der Waals surface area contributed by atoms with E-state index in [-0.39, 0.29) is 10.8 Å². The highest BCUT2D eigenvalue weighted by Gasteiger charge is 2.33. The Balaban J connectivity index is 1.00. The molecule has 17 rings (SSSR count). The van der Waals surface area contributed by atoms with Gasteiger partial charge in [0.25, 0.3) is 0 Å². The van der Waals surface area contributed by atoms with E-state index in [2.05, 4.69) is 351 Å². The number of hydrogen-bond donors (Lipinski definition) is 0. The second kappa shape index (κ2) is 20.3. The van der Waals surface area contributed by atoms with E-state index in [4.69, 9.17) is 0 Å². The fourth-order valence-corrected chi connectivity index (χ4v) is 15.1. The van der Waals surface area contributed by atoms with Gasteiger partial charge in [0, 0.05) is 65.3 Å². The molecule has 0 amide bonds. The van der Waals surface area contributed by atoms with E-state index < -0.39 is 0 Å². The third kappa shape index (κ3) is 8.07. The van der Waals surface area contributed by atoms with Crippen LogP contribution in [0.2, 0.25) is 0 Å². The van der Waals surface area contributed by atoms with Crippen LogP contribution in [-0.4, -0.2) is 8.80 Å². The van der Waals surface area contributed by atoms with Crippen LogP contribution in [0, 0.1) is 0 Å². The van der Waals surface area contributed by atoms with Crippen LogP contribution >= 0.6 is 0 Å². The topological polar surface area (TPSA) is 15.3 Å². The van der Waals surface area contributed by atoms with Gasteiger partial charge in [-0.25, -0.2) is 0 Å². The Morgan fingerprint density at radius 1 is 0.233 bits per heavy atom. The number of aromatic nitrogens is 2. The van der Waals surface area contributed by atoms with Gasteiger partial charge in [-0.3, -0.25) is 0 Å². The molecular weight excluding hydrogens is 1090 g/mol. The maximum absolute atomic E-state index is 2.66. The van der Waals surface area contributed by atoms with Crippen LogP contribution in [-0.2, 0) is 10.8 Å². The molecule has 0 bridgehead atoms. The van der Waals surface area contributed by atoms with Gasteiger partial charge in [0.1, 0.15) is 0 Å². The number of para-hydroxylation sites is 6. The summed E-state index contributed by atoms with van der Waals surface area (Å²) in [5, 5.41) is 9.88. The largest absolute Gasteiger partial charge is 0.309 e. The molecule has 0 atom stereocenters. The molecular formula is C86H66N4. The van der Waals surface area contributed by atoms with Gasteiger partial charge in [0.05, 0.1) is 67.2 Å². The normalized spacial score (nSPS) is 12.3. The first-order chi connectivity index (χ1) is 44.0. The molecule has 0 N–H and O–H groups in total. The Morgan fingerprint density at radius 3 is 0.822 bits per heavy atom. The maximum Gasteiger partial charge on any atom is 0.0641 e. The van der Waals surface area contributed by atoms with Crippen molar-refractivity contribution in [2.24, 2.45) is 0 Å². The van der Waals surface area contributed by atoms with Gasteiger partial charge >= 0.3 is 0 Å². The average molecular weight is 1160 g/mol. The Morgan fingerprint density at radius 2 is 0.522 bits per heavy atom. The molecule has 0 aliphatic heterocycles. The molecule has 17 aromatic rings. The fraction of sp³-hybridized carbons (Fsp3) is 0.0930. The zero-order valence-electron chi connectivity index (χ0n) is 51.5. The van der Waals surface area contributed by atoms with Gasteiger partial charge in [0.2, 0.25) is 0 Å². The summed E-state index contributed by atoms with van der Waals surface area (Å²) in [4.78, 5) is 5.12. The molecule has 0 saturated heterocycles. The van der Waals surface area contributed by atoms with E-state index in [1.165, 1.54) is 110 Å². The van der Waals surface area contributed by atoms with E-state index in [1.54, 1.807) is 0 Å². The summed E-state index contributed by atoms with van der Waals surface area (Å²) in [7, 11) is 0. The van der Waals surface area contributed by atoms with Gasteiger partial charge in [-0.2, -0.15) is 0 Å². The Hall–Kier alpha value is -10.9. The number of rotatable bonds is 10. The summed E-state index contributed by atoms with van der Waals surface area (Å²) in [5.74, 6) is 0. The molecule has 0 aliphatic rings. The Bertz CT molecular complexity index is 5090. The lowest BCUT2D eigenvalue weighted by molar-refractivity contribution is 0.594. The first kappa shape index (κ1) is 53.3. The van der Waals surface area contributed by atoms with Crippen LogP contribution in [0.1, 0.15) is 52.7 Å². The standard InChI is InChI=1S/C86H66N4/c1-85(2,3)69-43-27-41-65-79-75(87(71-45-23-19-37-59(71)55-29-11-7-12-30-55)72-46-24-20-38-60(72)56-31-13-8-14-32-56)51-49-63-67-54-78-68(53-77(67)89(81(65)69)83(63)79)64-50-52-76(80-66-42-28-44-70(86(4,5)6)82(66)90(78)84(64)80)88(73-47-25-21-39-61(73)57-33-15-9-16-34-57)74-48-26-22-40-62(74)58-35-17-10-18-36-58/h7-54H,1-6H3. The first-order valence-electron chi connectivity index (χ1n) is 31.6. The van der Waals surface area contributed by atoms with Crippen molar-refractivity contribution in [1.29, 1.82) is 0 Å². The monoisotopic (exact) mass is 1150 g/mol. The smallest absolute Gasteiger partial charge is 0.0641 e. The van der Waals surface area contributed by atoms with Crippen molar-refractivity contribution in [2.45, 2.75) is 52.4 Å². The lowest BCUT2D eigenvalue weighted by atomic mass is 9.85. The van der Waals surface area contributed by atoms with Gasteiger partial charge in [-0.1, -0.05) is 284 Å². The fourth-order valence-electron chi connectivity index (χ4n) is 15.1. The highest BCUT2D eigenvalue weighted by molar-refractivity contribution is 6.33. The lowest BCUT2D eigenvalue weighted by Crippen LogP contribution is -2.13. The van der Waals surface area contributed by atoms with Crippen LogP contribution in [0.25, 0.3) is 121 Å². The van der Waals surface area contributed by atoms with Crippen LogP contribution in [0.4, 0.5) is 34.1 Å². The number of fused-ring (bicyclic) bond motifs is 12. The SMILES string of the molecule is CC(C)(C)c1cccc2c3c(N(c4ccccc4-c4ccccc4)c4ccccc4-c4ccccc4)ccc4c5cc6c(cc5n(c12)c43)c1ccc(N(c2ccccc2-c2ccccc2)c2ccccc2-c2ccccc2)c2c3cccc(C(C)(C)C)c3n6c12. The molecule has 4 aromatic heterocycles. The van der Waals surface area contributed by atoms with Crippen molar-refractivity contribution in [2.75, 3.05) is 9.80 Å². The molecule has 0 aliphatic carbocycles. The van der Waals surface area contributed by atoms with E-state index in [9.17, 15) is 0 Å². The Kier molecular flexibility index (Phi) is 12.0. The third-order valence-corrected chi connectivity index (χ3v) is 19.0. The van der Waals surface area contributed by atoms with Crippen LogP contribution in [0.15, 0.2) is 291 Å². The third-order valence-electron chi connectivity index (χ3n) is 19.0. The number of hydrogen-bond acceptors (Lipinski definition) is 2. The average Bonchev–Trinajstić information content (AvgIpc) is 1.52. The summed E-state index contributed by atoms with van der Waals surface area (Å²) in [6.45, 7) is 14.2. The molecule has 4 heterocycles. The minimum absolute atomic E-state index is 0.181. The molecule has 0 fully saturated rings. The quantitative estimate of drug-likeness (QED) is 0.136. The predicted octanol–water partition coefficient (Wildman–Crippen LogP) is 24.2.